The minimum Gasteiger partial charge on any atom is -0.464 e. The van der Waals surface area contributed by atoms with E-state index in [2.05, 4.69) is 10.5 Å². The number of esters is 1. The Hall–Kier alpha value is -1.79. The van der Waals surface area contributed by atoms with Crippen molar-refractivity contribution in [2.45, 2.75) is 38.3 Å². The molecule has 2 unspecified atom stereocenters. The standard InChI is InChI=1S/C16H18Cl2N2O4/c1-3-23-15(22)16(2)8-11(19-20-16)7-14(24-9-21)12-5-4-10(17)6-13(12)18/h4-6,9,14,20H,3,7-8H2,1-2H3. The van der Waals surface area contributed by atoms with Crippen molar-refractivity contribution < 1.29 is 19.1 Å². The maximum absolute atomic E-state index is 12.0. The normalized spacial score (nSPS) is 20.8. The number of rotatable bonds is 7. The molecule has 0 amide bonds. The molecule has 0 fully saturated rings. The van der Waals surface area contributed by atoms with Crippen molar-refractivity contribution in [1.29, 1.82) is 0 Å². The molecule has 1 aliphatic rings. The highest BCUT2D eigenvalue weighted by molar-refractivity contribution is 6.35. The van der Waals surface area contributed by atoms with E-state index in [1.807, 2.05) is 0 Å². The van der Waals surface area contributed by atoms with Crippen molar-refractivity contribution in [1.82, 2.24) is 5.43 Å². The smallest absolute Gasteiger partial charge is 0.333 e. The van der Waals surface area contributed by atoms with Gasteiger partial charge in [-0.1, -0.05) is 29.3 Å². The number of nitrogens with one attached hydrogen (secondary N) is 1. The van der Waals surface area contributed by atoms with Crippen molar-refractivity contribution in [2.75, 3.05) is 6.61 Å². The van der Waals surface area contributed by atoms with Gasteiger partial charge in [0.25, 0.3) is 6.47 Å². The Labute approximate surface area is 150 Å². The molecule has 1 N–H and O–H groups in total. The van der Waals surface area contributed by atoms with Gasteiger partial charge in [-0.25, -0.2) is 4.79 Å². The molecule has 0 aliphatic carbocycles. The van der Waals surface area contributed by atoms with Crippen LogP contribution in [0.2, 0.25) is 10.0 Å². The highest BCUT2D eigenvalue weighted by Crippen LogP contribution is 2.32. The number of carbonyl (C=O) groups excluding carboxylic acids is 2. The first-order valence-electron chi connectivity index (χ1n) is 7.43. The van der Waals surface area contributed by atoms with E-state index in [1.54, 1.807) is 32.0 Å². The van der Waals surface area contributed by atoms with Crippen LogP contribution >= 0.6 is 23.2 Å². The fourth-order valence-corrected chi connectivity index (χ4v) is 3.02. The number of hydrogen-bond donors (Lipinski definition) is 1. The Morgan fingerprint density at radius 2 is 2.25 bits per heavy atom. The van der Waals surface area contributed by atoms with Crippen LogP contribution in [0.4, 0.5) is 0 Å². The van der Waals surface area contributed by atoms with E-state index in [0.717, 1.165) is 0 Å². The SMILES string of the molecule is CCOC(=O)C1(C)CC(CC(OC=O)c2ccc(Cl)cc2Cl)=NN1. The lowest BCUT2D eigenvalue weighted by Crippen LogP contribution is -2.45. The average molecular weight is 373 g/mol. The van der Waals surface area contributed by atoms with Gasteiger partial charge in [-0.15, -0.1) is 0 Å². The summed E-state index contributed by atoms with van der Waals surface area (Å²) < 4.78 is 10.2. The molecule has 8 heteroatoms. The molecular weight excluding hydrogens is 355 g/mol. The number of hydrazone groups is 1. The number of halogens is 2. The van der Waals surface area contributed by atoms with E-state index >= 15 is 0 Å². The molecule has 24 heavy (non-hydrogen) atoms. The topological polar surface area (TPSA) is 77.0 Å². The Bertz CT molecular complexity index is 665. The van der Waals surface area contributed by atoms with Gasteiger partial charge >= 0.3 is 5.97 Å². The zero-order chi connectivity index (χ0) is 17.7. The summed E-state index contributed by atoms with van der Waals surface area (Å²) in [6.45, 7) is 4.12. The molecule has 1 aromatic carbocycles. The van der Waals surface area contributed by atoms with Gasteiger partial charge in [0, 0.05) is 34.2 Å². The van der Waals surface area contributed by atoms with E-state index in [1.165, 1.54) is 0 Å². The summed E-state index contributed by atoms with van der Waals surface area (Å²) in [6, 6.07) is 4.95. The molecule has 0 aromatic heterocycles. The van der Waals surface area contributed by atoms with Crippen LogP contribution in [-0.4, -0.2) is 30.3 Å². The molecule has 0 saturated heterocycles. The summed E-state index contributed by atoms with van der Waals surface area (Å²) in [5.74, 6) is -0.374. The van der Waals surface area contributed by atoms with Gasteiger partial charge in [0.2, 0.25) is 0 Å². The van der Waals surface area contributed by atoms with E-state index in [9.17, 15) is 9.59 Å². The maximum Gasteiger partial charge on any atom is 0.333 e. The molecule has 1 aliphatic heterocycles. The molecule has 0 bridgehead atoms. The number of carbonyl (C=O) groups is 2. The van der Waals surface area contributed by atoms with Crippen LogP contribution in [-0.2, 0) is 19.1 Å². The van der Waals surface area contributed by atoms with Crippen molar-refractivity contribution in [3.8, 4) is 0 Å². The number of nitrogens with zero attached hydrogens (tertiary/aromatic N) is 1. The first-order valence-corrected chi connectivity index (χ1v) is 8.19. The van der Waals surface area contributed by atoms with Crippen LogP contribution in [0.15, 0.2) is 23.3 Å². The Morgan fingerprint density at radius 3 is 2.88 bits per heavy atom. The van der Waals surface area contributed by atoms with Crippen LogP contribution in [0.1, 0.15) is 38.4 Å². The molecule has 0 spiro atoms. The third kappa shape index (κ3) is 4.19. The maximum atomic E-state index is 12.0. The number of ether oxygens (including phenoxy) is 2. The van der Waals surface area contributed by atoms with Crippen molar-refractivity contribution >= 4 is 41.4 Å². The second-order valence-corrected chi connectivity index (χ2v) is 6.45. The average Bonchev–Trinajstić information content (AvgIpc) is 2.90. The summed E-state index contributed by atoms with van der Waals surface area (Å²) in [7, 11) is 0. The predicted molar refractivity (Wildman–Crippen MR) is 91.2 cm³/mol. The summed E-state index contributed by atoms with van der Waals surface area (Å²) in [6.07, 6.45) is 0.0510. The van der Waals surface area contributed by atoms with Gasteiger partial charge in [0.1, 0.15) is 6.10 Å². The Kier molecular flexibility index (Phi) is 6.07. The van der Waals surface area contributed by atoms with E-state index in [4.69, 9.17) is 32.7 Å². The molecular formula is C16H18Cl2N2O4. The van der Waals surface area contributed by atoms with Crippen LogP contribution in [0.5, 0.6) is 0 Å². The zero-order valence-corrected chi connectivity index (χ0v) is 14.9. The molecule has 0 radical (unpaired) electrons. The predicted octanol–water partition coefficient (Wildman–Crippen LogP) is 3.27. The molecule has 0 saturated carbocycles. The fraction of sp³-hybridized carbons (Fsp3) is 0.438. The first-order chi connectivity index (χ1) is 11.4. The molecule has 130 valence electrons. The second-order valence-electron chi connectivity index (χ2n) is 5.61. The van der Waals surface area contributed by atoms with Crippen LogP contribution in [0.3, 0.4) is 0 Å². The summed E-state index contributed by atoms with van der Waals surface area (Å²) in [5.41, 5.74) is 3.20. The van der Waals surface area contributed by atoms with E-state index in [-0.39, 0.29) is 5.97 Å². The third-order valence-corrected chi connectivity index (χ3v) is 4.26. The summed E-state index contributed by atoms with van der Waals surface area (Å²) in [4.78, 5) is 22.8. The molecule has 1 heterocycles. The Balaban J connectivity index is 2.12. The lowest BCUT2D eigenvalue weighted by molar-refractivity contribution is -0.149. The third-order valence-electron chi connectivity index (χ3n) is 3.69. The number of hydrogen-bond acceptors (Lipinski definition) is 6. The van der Waals surface area contributed by atoms with E-state index in [0.29, 0.717) is 47.2 Å². The molecule has 2 atom stereocenters. The van der Waals surface area contributed by atoms with Gasteiger partial charge in [-0.05, 0) is 26.0 Å². The molecule has 2 rings (SSSR count). The second kappa shape index (κ2) is 7.85. The summed E-state index contributed by atoms with van der Waals surface area (Å²) >= 11 is 12.1. The molecule has 1 aromatic rings. The van der Waals surface area contributed by atoms with Crippen LogP contribution in [0, 0.1) is 0 Å². The van der Waals surface area contributed by atoms with Crippen molar-refractivity contribution in [2.24, 2.45) is 5.10 Å². The molecule has 6 nitrogen and oxygen atoms in total. The minimum atomic E-state index is -0.916. The minimum absolute atomic E-state index is 0.294. The number of benzene rings is 1. The lowest BCUT2D eigenvalue weighted by atomic mass is 9.93. The van der Waals surface area contributed by atoms with E-state index < -0.39 is 11.6 Å². The Morgan fingerprint density at radius 1 is 1.50 bits per heavy atom. The van der Waals surface area contributed by atoms with Gasteiger partial charge < -0.3 is 9.47 Å². The lowest BCUT2D eigenvalue weighted by Gasteiger charge is -2.21. The quantitative estimate of drug-likeness (QED) is 0.586. The van der Waals surface area contributed by atoms with Gasteiger partial charge in [-0.2, -0.15) is 5.10 Å². The first kappa shape index (κ1) is 18.5. The van der Waals surface area contributed by atoms with Crippen LogP contribution < -0.4 is 5.43 Å². The van der Waals surface area contributed by atoms with Gasteiger partial charge in [0.15, 0.2) is 5.54 Å². The zero-order valence-electron chi connectivity index (χ0n) is 13.3. The van der Waals surface area contributed by atoms with Crippen LogP contribution in [0.25, 0.3) is 0 Å². The van der Waals surface area contributed by atoms with Gasteiger partial charge in [0.05, 0.1) is 6.61 Å². The highest BCUT2D eigenvalue weighted by Gasteiger charge is 2.40. The van der Waals surface area contributed by atoms with Gasteiger partial charge in [-0.3, -0.25) is 10.2 Å². The highest BCUT2D eigenvalue weighted by atomic mass is 35.5. The fourth-order valence-electron chi connectivity index (χ4n) is 2.49. The summed E-state index contributed by atoms with van der Waals surface area (Å²) in [5, 5.41) is 5.07. The van der Waals surface area contributed by atoms with Crippen molar-refractivity contribution in [3.05, 3.63) is 33.8 Å². The van der Waals surface area contributed by atoms with Crippen molar-refractivity contribution in [3.63, 3.8) is 0 Å². The monoisotopic (exact) mass is 372 g/mol. The largest absolute Gasteiger partial charge is 0.464 e.